The molecule has 70 heavy (non-hydrogen) atoms. The Morgan fingerprint density at radius 1 is 0.329 bits per heavy atom. The fraction of sp³-hybridized carbons (Fsp3) is 0.967. The van der Waals surface area contributed by atoms with Crippen LogP contribution in [0, 0.1) is 0 Å². The molecule has 6 atom stereocenters. The second-order valence-corrected chi connectivity index (χ2v) is 22.3. The van der Waals surface area contributed by atoms with Gasteiger partial charge in [-0.25, -0.2) is 0 Å². The van der Waals surface area contributed by atoms with Crippen LogP contribution in [-0.4, -0.2) is 118 Å². The largest absolute Gasteiger partial charge is 0.392 e. The third kappa shape index (κ3) is 40.1. The maximum atomic E-state index is 13.3. The molecule has 10 heteroatoms. The number of piperazine rings is 1. The quantitative estimate of drug-likeness (QED) is 0.0331. The summed E-state index contributed by atoms with van der Waals surface area (Å²) in [5, 5.41) is 50.3. The summed E-state index contributed by atoms with van der Waals surface area (Å²) in [7, 11) is 0. The molecule has 1 saturated heterocycles. The van der Waals surface area contributed by atoms with Crippen molar-refractivity contribution in [3.05, 3.63) is 0 Å². The number of hydrogen-bond donors (Lipinski definition) is 6. The number of unbranched alkanes of at least 4 members (excludes halogenated alkanes) is 30. The first-order valence-corrected chi connectivity index (χ1v) is 30.9. The lowest BCUT2D eigenvalue weighted by Crippen LogP contribution is -2.61. The van der Waals surface area contributed by atoms with Gasteiger partial charge in [0.05, 0.1) is 24.4 Å². The summed E-state index contributed by atoms with van der Waals surface area (Å²) < 4.78 is 0. The van der Waals surface area contributed by atoms with Gasteiger partial charge in [-0.15, -0.1) is 0 Å². The zero-order valence-corrected chi connectivity index (χ0v) is 46.9. The van der Waals surface area contributed by atoms with Crippen LogP contribution >= 0.6 is 0 Å². The Hall–Kier alpha value is -1.30. The molecule has 0 aromatic rings. The normalized spacial score (nSPS) is 17.1. The van der Waals surface area contributed by atoms with Gasteiger partial charge in [0.2, 0.25) is 11.8 Å². The van der Waals surface area contributed by atoms with Crippen molar-refractivity contribution in [3.63, 3.8) is 0 Å². The van der Waals surface area contributed by atoms with Crippen molar-refractivity contribution in [1.82, 2.24) is 20.4 Å². The smallest absolute Gasteiger partial charge is 0.243 e. The van der Waals surface area contributed by atoms with Crippen molar-refractivity contribution in [2.24, 2.45) is 0 Å². The van der Waals surface area contributed by atoms with Crippen molar-refractivity contribution in [1.29, 1.82) is 0 Å². The highest BCUT2D eigenvalue weighted by atomic mass is 16.3. The number of rotatable bonds is 54. The van der Waals surface area contributed by atoms with Gasteiger partial charge in [0.1, 0.15) is 12.1 Å². The molecule has 0 aromatic carbocycles. The number of carbonyl (C=O) groups excluding carboxylic acids is 2. The lowest BCUT2D eigenvalue weighted by Gasteiger charge is -2.31. The predicted molar refractivity (Wildman–Crippen MR) is 297 cm³/mol. The number of carbonyl (C=O) groups is 2. The lowest BCUT2D eigenvalue weighted by atomic mass is 10.0. The highest BCUT2D eigenvalue weighted by Crippen LogP contribution is 2.18. The number of hydrogen-bond acceptors (Lipinski definition) is 8. The summed E-state index contributed by atoms with van der Waals surface area (Å²) in [4.78, 5) is 31.0. The maximum absolute atomic E-state index is 13.3. The second kappa shape index (κ2) is 48.6. The molecule has 0 aliphatic carbocycles. The van der Waals surface area contributed by atoms with Crippen molar-refractivity contribution in [2.75, 3.05) is 39.3 Å². The highest BCUT2D eigenvalue weighted by Gasteiger charge is 2.33. The molecule has 1 fully saturated rings. The van der Waals surface area contributed by atoms with Gasteiger partial charge in [-0.1, -0.05) is 233 Å². The molecular weight excluding hydrogens is 873 g/mol. The molecule has 6 N–H and O–H groups in total. The first-order chi connectivity index (χ1) is 34.1. The molecule has 1 rings (SSSR count). The minimum absolute atomic E-state index is 0.113. The first-order valence-electron chi connectivity index (χ1n) is 30.9. The van der Waals surface area contributed by atoms with Gasteiger partial charge in [0, 0.05) is 26.2 Å². The Labute approximate surface area is 433 Å². The minimum Gasteiger partial charge on any atom is -0.392 e. The van der Waals surface area contributed by atoms with Gasteiger partial charge in [-0.05, 0) is 77.3 Å². The van der Waals surface area contributed by atoms with Gasteiger partial charge in [-0.2, -0.15) is 0 Å². The molecule has 416 valence electrons. The second-order valence-electron chi connectivity index (χ2n) is 22.3. The van der Waals surface area contributed by atoms with E-state index in [1.165, 1.54) is 154 Å². The molecule has 1 heterocycles. The molecule has 10 nitrogen and oxygen atoms in total. The van der Waals surface area contributed by atoms with Crippen LogP contribution in [0.5, 0.6) is 0 Å². The van der Waals surface area contributed by atoms with Gasteiger partial charge < -0.3 is 31.1 Å². The molecule has 0 bridgehead atoms. The van der Waals surface area contributed by atoms with E-state index in [9.17, 15) is 30.0 Å². The molecule has 0 spiro atoms. The predicted octanol–water partition coefficient (Wildman–Crippen LogP) is 13.5. The number of aliphatic hydroxyl groups excluding tert-OH is 4. The third-order valence-corrected chi connectivity index (χ3v) is 15.1. The molecule has 0 aromatic heterocycles. The Balaban J connectivity index is 2.60. The van der Waals surface area contributed by atoms with Crippen molar-refractivity contribution < 1.29 is 30.0 Å². The third-order valence-electron chi connectivity index (χ3n) is 15.1. The summed E-state index contributed by atoms with van der Waals surface area (Å²) in [6.07, 6.45) is 45.6. The molecule has 0 saturated carbocycles. The molecule has 0 radical (unpaired) electrons. The van der Waals surface area contributed by atoms with Crippen LogP contribution in [0.4, 0.5) is 0 Å². The monoisotopic (exact) mass is 993 g/mol. The lowest BCUT2D eigenvalue weighted by molar-refractivity contribution is -0.137. The average molecular weight is 994 g/mol. The van der Waals surface area contributed by atoms with Crippen LogP contribution in [0.25, 0.3) is 0 Å². The van der Waals surface area contributed by atoms with Crippen molar-refractivity contribution in [3.8, 4) is 0 Å². The van der Waals surface area contributed by atoms with Crippen LogP contribution in [0.1, 0.15) is 297 Å². The summed E-state index contributed by atoms with van der Waals surface area (Å²) in [6, 6.07) is -1.09. The van der Waals surface area contributed by atoms with E-state index >= 15 is 0 Å². The fourth-order valence-corrected chi connectivity index (χ4v) is 10.6. The van der Waals surface area contributed by atoms with Crippen LogP contribution in [0.15, 0.2) is 0 Å². The van der Waals surface area contributed by atoms with Crippen LogP contribution in [0.2, 0.25) is 0 Å². The minimum atomic E-state index is -0.544. The number of nitrogens with one attached hydrogen (secondary N) is 2. The van der Waals surface area contributed by atoms with E-state index < -0.39 is 36.5 Å². The maximum Gasteiger partial charge on any atom is 0.243 e. The van der Waals surface area contributed by atoms with Crippen molar-refractivity contribution in [2.45, 2.75) is 334 Å². The zero-order valence-electron chi connectivity index (χ0n) is 46.9. The summed E-state index contributed by atoms with van der Waals surface area (Å²) >= 11 is 0. The average Bonchev–Trinajstić information content (AvgIpc) is 3.33. The number of amides is 2. The summed E-state index contributed by atoms with van der Waals surface area (Å²) in [5.41, 5.74) is 0. The van der Waals surface area contributed by atoms with Gasteiger partial charge in [-0.3, -0.25) is 19.4 Å². The van der Waals surface area contributed by atoms with Gasteiger partial charge >= 0.3 is 0 Å². The molecular formula is C60H120N4O6. The Morgan fingerprint density at radius 2 is 0.543 bits per heavy atom. The highest BCUT2D eigenvalue weighted by molar-refractivity contribution is 5.96. The number of aliphatic hydroxyl groups is 4. The van der Waals surface area contributed by atoms with E-state index in [0.717, 1.165) is 116 Å². The van der Waals surface area contributed by atoms with E-state index in [0.29, 0.717) is 39.0 Å². The SMILES string of the molecule is CCCCCCCCCC[C@@H](O)CN(CCCC[C@H]1NC(=O)[C@@H](CCCCN(C[C@@H](O)CCCCCCCCCC)C[C@@H](O)CCCCCCCCCC)NC1=O)C[C@@H](O)CCCCCCCCCC. The van der Waals surface area contributed by atoms with Crippen LogP contribution < -0.4 is 10.6 Å². The van der Waals surface area contributed by atoms with Gasteiger partial charge in [0.25, 0.3) is 0 Å². The van der Waals surface area contributed by atoms with Crippen LogP contribution in [0.3, 0.4) is 0 Å². The standard InChI is InChI=1S/C60H120N4O6/c1-5-9-13-17-21-25-29-33-41-53(65)49-63(50-54(66)42-34-30-26-22-18-14-10-6-2)47-39-37-45-57-59(69)62-58(60(70)61-57)46-38-40-48-64(51-55(67)43-35-31-27-23-19-15-11-7-3)52-56(68)44-36-32-28-24-20-16-12-8-4/h53-58,65-68H,5-52H2,1-4H3,(H,61,70)(H,62,69)/t53-,54-,55-,56+,57+,58+/m0/s1. The van der Waals surface area contributed by atoms with E-state index in [1.807, 2.05) is 0 Å². The van der Waals surface area contributed by atoms with Gasteiger partial charge in [0.15, 0.2) is 0 Å². The topological polar surface area (TPSA) is 146 Å². The zero-order chi connectivity index (χ0) is 51.1. The Kier molecular flexibility index (Phi) is 46.3. The summed E-state index contributed by atoms with van der Waals surface area (Å²) in [6.45, 7) is 12.7. The van der Waals surface area contributed by atoms with Crippen LogP contribution in [-0.2, 0) is 9.59 Å². The molecule has 1 aliphatic heterocycles. The first kappa shape index (κ1) is 66.7. The Morgan fingerprint density at radius 3 is 0.771 bits per heavy atom. The van der Waals surface area contributed by atoms with E-state index in [4.69, 9.17) is 0 Å². The molecule has 0 unspecified atom stereocenters. The molecule has 2 amide bonds. The van der Waals surface area contributed by atoms with E-state index in [2.05, 4.69) is 48.1 Å². The van der Waals surface area contributed by atoms with E-state index in [1.54, 1.807) is 0 Å². The van der Waals surface area contributed by atoms with Crippen molar-refractivity contribution >= 4 is 11.8 Å². The molecule has 1 aliphatic rings. The number of nitrogens with zero attached hydrogens (tertiary/aromatic N) is 2. The summed E-state index contributed by atoms with van der Waals surface area (Å²) in [5.74, 6) is -0.226. The Bertz CT molecular complexity index is 1010. The fourth-order valence-electron chi connectivity index (χ4n) is 10.6. The van der Waals surface area contributed by atoms with E-state index in [-0.39, 0.29) is 11.8 Å².